The molecule has 1 fully saturated rings. The second-order valence-electron chi connectivity index (χ2n) is 8.05. The second-order valence-corrected chi connectivity index (χ2v) is 9.69. The Bertz CT molecular complexity index is 1060. The number of benzene rings is 1. The molecule has 0 atom stereocenters. The Morgan fingerprint density at radius 2 is 1.82 bits per heavy atom. The van der Waals surface area contributed by atoms with Crippen molar-refractivity contribution in [3.63, 3.8) is 0 Å². The first-order valence-electron chi connectivity index (χ1n) is 9.86. The maximum Gasteiger partial charge on any atom is 0.263 e. The predicted octanol–water partition coefficient (Wildman–Crippen LogP) is 5.48. The highest BCUT2D eigenvalue weighted by atomic mass is 35.5. The molecule has 0 N–H and O–H groups in total. The topological polar surface area (TPSA) is 38.1 Å². The van der Waals surface area contributed by atoms with Crippen molar-refractivity contribution < 1.29 is 0 Å². The molecule has 0 amide bonds. The lowest BCUT2D eigenvalue weighted by Gasteiger charge is -2.32. The molecule has 28 heavy (non-hydrogen) atoms. The summed E-state index contributed by atoms with van der Waals surface area (Å²) >= 11 is 7.69. The van der Waals surface area contributed by atoms with Gasteiger partial charge in [0.1, 0.15) is 10.7 Å². The van der Waals surface area contributed by atoms with E-state index in [0.717, 1.165) is 58.0 Å². The third kappa shape index (κ3) is 3.40. The Balaban J connectivity index is 1.97. The Kier molecular flexibility index (Phi) is 5.34. The summed E-state index contributed by atoms with van der Waals surface area (Å²) in [6.07, 6.45) is 1.98. The lowest BCUT2D eigenvalue weighted by Crippen LogP contribution is -2.37. The summed E-state index contributed by atoms with van der Waals surface area (Å²) in [5.41, 5.74) is 2.14. The van der Waals surface area contributed by atoms with E-state index in [0.29, 0.717) is 5.02 Å². The Morgan fingerprint density at radius 3 is 2.43 bits per heavy atom. The van der Waals surface area contributed by atoms with Crippen LogP contribution in [-0.4, -0.2) is 34.6 Å². The standard InChI is InChI=1S/C22H26ClN3OS/c1-13(2)20-24-21-19(22(27)26(20)17-9-11-25(4)12-10-17)18(14(3)28-21)15-5-7-16(23)8-6-15/h5-8,13,17H,9-12H2,1-4H3. The molecule has 1 aliphatic heterocycles. The molecule has 0 aliphatic carbocycles. The van der Waals surface area contributed by atoms with Crippen LogP contribution in [0.25, 0.3) is 21.3 Å². The van der Waals surface area contributed by atoms with E-state index in [1.807, 2.05) is 28.8 Å². The van der Waals surface area contributed by atoms with Gasteiger partial charge in [-0.15, -0.1) is 11.3 Å². The monoisotopic (exact) mass is 415 g/mol. The summed E-state index contributed by atoms with van der Waals surface area (Å²) in [4.78, 5) is 23.1. The molecular weight excluding hydrogens is 390 g/mol. The Hall–Kier alpha value is -1.69. The molecule has 3 aromatic rings. The van der Waals surface area contributed by atoms with Crippen LogP contribution in [0.15, 0.2) is 29.1 Å². The van der Waals surface area contributed by atoms with Crippen LogP contribution in [-0.2, 0) is 0 Å². The normalized spacial score (nSPS) is 16.4. The van der Waals surface area contributed by atoms with Gasteiger partial charge in [0.15, 0.2) is 0 Å². The maximum atomic E-state index is 13.8. The number of aromatic nitrogens is 2. The lowest BCUT2D eigenvalue weighted by atomic mass is 10.0. The van der Waals surface area contributed by atoms with Gasteiger partial charge in [0.25, 0.3) is 5.56 Å². The second kappa shape index (κ2) is 7.62. The van der Waals surface area contributed by atoms with Crippen LogP contribution in [0.2, 0.25) is 5.02 Å². The van der Waals surface area contributed by atoms with Gasteiger partial charge in [-0.2, -0.15) is 0 Å². The zero-order valence-corrected chi connectivity index (χ0v) is 18.4. The zero-order valence-electron chi connectivity index (χ0n) is 16.8. The summed E-state index contributed by atoms with van der Waals surface area (Å²) in [5, 5.41) is 1.46. The van der Waals surface area contributed by atoms with Crippen molar-refractivity contribution in [1.82, 2.24) is 14.5 Å². The molecule has 0 spiro atoms. The van der Waals surface area contributed by atoms with Crippen LogP contribution in [0.1, 0.15) is 49.4 Å². The van der Waals surface area contributed by atoms with E-state index in [9.17, 15) is 4.79 Å². The number of likely N-dealkylation sites (tertiary alicyclic amines) is 1. The van der Waals surface area contributed by atoms with E-state index >= 15 is 0 Å². The fourth-order valence-electron chi connectivity index (χ4n) is 4.17. The summed E-state index contributed by atoms with van der Waals surface area (Å²) in [7, 11) is 2.14. The van der Waals surface area contributed by atoms with Gasteiger partial charge in [-0.25, -0.2) is 4.98 Å². The van der Waals surface area contributed by atoms with Gasteiger partial charge in [-0.1, -0.05) is 37.6 Å². The van der Waals surface area contributed by atoms with Crippen molar-refractivity contribution in [3.8, 4) is 11.1 Å². The van der Waals surface area contributed by atoms with E-state index in [1.54, 1.807) is 11.3 Å². The average molecular weight is 416 g/mol. The van der Waals surface area contributed by atoms with Crippen LogP contribution in [0.3, 0.4) is 0 Å². The molecule has 4 rings (SSSR count). The van der Waals surface area contributed by atoms with Crippen molar-refractivity contribution in [2.75, 3.05) is 20.1 Å². The molecule has 0 unspecified atom stereocenters. The van der Waals surface area contributed by atoms with Crippen LogP contribution in [0.4, 0.5) is 0 Å². The fraction of sp³-hybridized carbons (Fsp3) is 0.455. The van der Waals surface area contributed by atoms with Gasteiger partial charge < -0.3 is 4.90 Å². The van der Waals surface area contributed by atoms with Crippen molar-refractivity contribution >= 4 is 33.2 Å². The quantitative estimate of drug-likeness (QED) is 0.568. The highest BCUT2D eigenvalue weighted by Crippen LogP contribution is 2.37. The van der Waals surface area contributed by atoms with Gasteiger partial charge in [-0.3, -0.25) is 9.36 Å². The SMILES string of the molecule is Cc1sc2nc(C(C)C)n(C3CCN(C)CC3)c(=O)c2c1-c1ccc(Cl)cc1. The largest absolute Gasteiger partial charge is 0.306 e. The molecule has 2 aromatic heterocycles. The minimum atomic E-state index is 0.109. The van der Waals surface area contributed by atoms with E-state index < -0.39 is 0 Å². The summed E-state index contributed by atoms with van der Waals surface area (Å²) in [6, 6.07) is 7.96. The molecule has 1 aliphatic rings. The molecule has 0 radical (unpaired) electrons. The van der Waals surface area contributed by atoms with Crippen LogP contribution in [0.5, 0.6) is 0 Å². The third-order valence-electron chi connectivity index (χ3n) is 5.66. The van der Waals surface area contributed by atoms with E-state index in [4.69, 9.17) is 16.6 Å². The van der Waals surface area contributed by atoms with Crippen molar-refractivity contribution in [3.05, 3.63) is 50.3 Å². The Morgan fingerprint density at radius 1 is 1.18 bits per heavy atom. The smallest absolute Gasteiger partial charge is 0.263 e. The van der Waals surface area contributed by atoms with Gasteiger partial charge in [0, 0.05) is 27.4 Å². The number of thiophene rings is 1. The van der Waals surface area contributed by atoms with E-state index in [1.165, 1.54) is 0 Å². The number of rotatable bonds is 3. The summed E-state index contributed by atoms with van der Waals surface area (Å²) < 4.78 is 2.01. The fourth-order valence-corrected chi connectivity index (χ4v) is 5.34. The average Bonchev–Trinajstić information content (AvgIpc) is 2.99. The lowest BCUT2D eigenvalue weighted by molar-refractivity contribution is 0.215. The minimum Gasteiger partial charge on any atom is -0.306 e. The first kappa shape index (κ1) is 19.6. The summed E-state index contributed by atoms with van der Waals surface area (Å²) in [5.74, 6) is 1.12. The molecule has 3 heterocycles. The number of nitrogens with zero attached hydrogens (tertiary/aromatic N) is 3. The minimum absolute atomic E-state index is 0.109. The molecular formula is C22H26ClN3OS. The number of hydrogen-bond acceptors (Lipinski definition) is 4. The first-order valence-corrected chi connectivity index (χ1v) is 11.1. The maximum absolute atomic E-state index is 13.8. The molecule has 1 aromatic carbocycles. The van der Waals surface area contributed by atoms with Gasteiger partial charge in [0.2, 0.25) is 0 Å². The number of halogens is 1. The third-order valence-corrected chi connectivity index (χ3v) is 6.91. The molecule has 0 saturated carbocycles. The number of fused-ring (bicyclic) bond motifs is 1. The van der Waals surface area contributed by atoms with Crippen molar-refractivity contribution in [2.24, 2.45) is 0 Å². The van der Waals surface area contributed by atoms with E-state index in [-0.39, 0.29) is 17.5 Å². The van der Waals surface area contributed by atoms with Crippen molar-refractivity contribution in [1.29, 1.82) is 0 Å². The van der Waals surface area contributed by atoms with Crippen LogP contribution >= 0.6 is 22.9 Å². The number of hydrogen-bond donors (Lipinski definition) is 0. The number of aryl methyl sites for hydroxylation is 1. The molecule has 148 valence electrons. The zero-order chi connectivity index (χ0) is 20.0. The molecule has 1 saturated heterocycles. The molecule has 6 heteroatoms. The Labute approximate surface area is 174 Å². The van der Waals surface area contributed by atoms with Gasteiger partial charge in [0.05, 0.1) is 5.39 Å². The highest BCUT2D eigenvalue weighted by Gasteiger charge is 2.27. The molecule has 4 nitrogen and oxygen atoms in total. The van der Waals surface area contributed by atoms with Crippen LogP contribution in [0, 0.1) is 6.92 Å². The van der Waals surface area contributed by atoms with Crippen LogP contribution < -0.4 is 5.56 Å². The van der Waals surface area contributed by atoms with E-state index in [2.05, 4.69) is 32.7 Å². The molecule has 0 bridgehead atoms. The highest BCUT2D eigenvalue weighted by molar-refractivity contribution is 7.19. The number of piperidine rings is 1. The first-order chi connectivity index (χ1) is 13.4. The summed E-state index contributed by atoms with van der Waals surface area (Å²) in [6.45, 7) is 8.35. The van der Waals surface area contributed by atoms with Gasteiger partial charge >= 0.3 is 0 Å². The van der Waals surface area contributed by atoms with Crippen molar-refractivity contribution in [2.45, 2.75) is 45.6 Å². The van der Waals surface area contributed by atoms with Gasteiger partial charge in [-0.05, 0) is 57.6 Å². The predicted molar refractivity (Wildman–Crippen MR) is 119 cm³/mol.